The van der Waals surface area contributed by atoms with Crippen molar-refractivity contribution in [2.45, 2.75) is 25.3 Å². The summed E-state index contributed by atoms with van der Waals surface area (Å²) in [6, 6.07) is 13.9. The maximum absolute atomic E-state index is 5.95. The molecule has 3 N–H and O–H groups in total. The summed E-state index contributed by atoms with van der Waals surface area (Å²) < 4.78 is 5.77. The van der Waals surface area contributed by atoms with Gasteiger partial charge < -0.3 is 15.5 Å². The van der Waals surface area contributed by atoms with Gasteiger partial charge in [0.2, 0.25) is 0 Å². The number of rotatable bonds is 4. The molecule has 21 heavy (non-hydrogen) atoms. The van der Waals surface area contributed by atoms with Gasteiger partial charge in [-0.2, -0.15) is 0 Å². The largest absolute Gasteiger partial charge is 0.440 e. The van der Waals surface area contributed by atoms with Gasteiger partial charge in [0.15, 0.2) is 11.5 Å². The van der Waals surface area contributed by atoms with Crippen molar-refractivity contribution < 1.29 is 4.42 Å². The first kappa shape index (κ1) is 12.3. The Balaban J connectivity index is 1.54. The van der Waals surface area contributed by atoms with Crippen LogP contribution in [0.25, 0.3) is 11.1 Å². The topological polar surface area (TPSA) is 64.1 Å². The number of fused-ring (bicyclic) bond motifs is 1. The van der Waals surface area contributed by atoms with Crippen molar-refractivity contribution in [3.63, 3.8) is 0 Å². The summed E-state index contributed by atoms with van der Waals surface area (Å²) in [5, 5.41) is 3.39. The lowest BCUT2D eigenvalue weighted by Crippen LogP contribution is -2.02. The number of nitrogens with one attached hydrogen (secondary N) is 1. The molecule has 0 radical (unpaired) electrons. The molecule has 1 saturated carbocycles. The molecular formula is C17H17N3O. The summed E-state index contributed by atoms with van der Waals surface area (Å²) in [4.78, 5) is 4.58. The lowest BCUT2D eigenvalue weighted by atomic mass is 10.2. The van der Waals surface area contributed by atoms with Gasteiger partial charge in [0.05, 0.1) is 0 Å². The second kappa shape index (κ2) is 4.81. The minimum atomic E-state index is 0.540. The fraction of sp³-hybridized carbons (Fsp3) is 0.235. The monoisotopic (exact) mass is 279 g/mol. The number of anilines is 2. The molecule has 0 atom stereocenters. The van der Waals surface area contributed by atoms with Gasteiger partial charge >= 0.3 is 0 Å². The maximum Gasteiger partial charge on any atom is 0.198 e. The Kier molecular flexibility index (Phi) is 2.81. The molecular weight excluding hydrogens is 262 g/mol. The van der Waals surface area contributed by atoms with Crippen molar-refractivity contribution in [1.82, 2.24) is 4.98 Å². The number of hydrogen-bond donors (Lipinski definition) is 2. The van der Waals surface area contributed by atoms with E-state index in [1.54, 1.807) is 0 Å². The Morgan fingerprint density at radius 1 is 1.19 bits per heavy atom. The van der Waals surface area contributed by atoms with E-state index in [1.165, 1.54) is 12.8 Å². The number of para-hydroxylation sites is 1. The lowest BCUT2D eigenvalue weighted by molar-refractivity contribution is 0.533. The van der Waals surface area contributed by atoms with E-state index >= 15 is 0 Å². The summed E-state index contributed by atoms with van der Waals surface area (Å²) in [5.41, 5.74) is 10.7. The standard InChI is InChI=1S/C17H17N3O/c18-14-4-2-1-3-12(14)10-19-13-7-8-16-15(9-13)20-17(21-16)11-5-6-11/h1-4,7-9,11,19H,5-6,10,18H2. The molecule has 3 aromatic rings. The third-order valence-electron chi connectivity index (χ3n) is 3.87. The molecule has 0 amide bonds. The number of nitrogens with two attached hydrogens (primary N) is 1. The predicted molar refractivity (Wildman–Crippen MR) is 84.2 cm³/mol. The predicted octanol–water partition coefficient (Wildman–Crippen LogP) is 3.90. The average molecular weight is 279 g/mol. The van der Waals surface area contributed by atoms with E-state index in [-0.39, 0.29) is 0 Å². The van der Waals surface area contributed by atoms with Gasteiger partial charge in [-0.1, -0.05) is 18.2 Å². The van der Waals surface area contributed by atoms with Crippen LogP contribution in [0.2, 0.25) is 0 Å². The fourth-order valence-electron chi connectivity index (χ4n) is 2.45. The van der Waals surface area contributed by atoms with Gasteiger partial charge in [-0.15, -0.1) is 0 Å². The van der Waals surface area contributed by atoms with E-state index in [9.17, 15) is 0 Å². The summed E-state index contributed by atoms with van der Waals surface area (Å²) >= 11 is 0. The number of nitrogens with zero attached hydrogens (tertiary/aromatic N) is 1. The highest BCUT2D eigenvalue weighted by atomic mass is 16.3. The minimum absolute atomic E-state index is 0.540. The zero-order valence-electron chi connectivity index (χ0n) is 11.7. The molecule has 1 aliphatic carbocycles. The van der Waals surface area contributed by atoms with Crippen LogP contribution in [0.3, 0.4) is 0 Å². The third kappa shape index (κ3) is 2.44. The quantitative estimate of drug-likeness (QED) is 0.711. The summed E-state index contributed by atoms with van der Waals surface area (Å²) in [7, 11) is 0. The normalized spacial score (nSPS) is 14.5. The average Bonchev–Trinajstić information content (AvgIpc) is 3.26. The van der Waals surface area contributed by atoms with Gasteiger partial charge in [-0.05, 0) is 42.7 Å². The van der Waals surface area contributed by atoms with Crippen LogP contribution < -0.4 is 11.1 Å². The van der Waals surface area contributed by atoms with Gasteiger partial charge in [0, 0.05) is 23.8 Å². The molecule has 4 nitrogen and oxygen atoms in total. The molecule has 0 saturated heterocycles. The second-order valence-corrected chi connectivity index (χ2v) is 5.56. The van der Waals surface area contributed by atoms with E-state index < -0.39 is 0 Å². The van der Waals surface area contributed by atoms with Crippen LogP contribution in [0.1, 0.15) is 30.2 Å². The van der Waals surface area contributed by atoms with E-state index in [4.69, 9.17) is 10.2 Å². The molecule has 4 rings (SSSR count). The Morgan fingerprint density at radius 2 is 2.05 bits per heavy atom. The highest BCUT2D eigenvalue weighted by molar-refractivity contribution is 5.77. The SMILES string of the molecule is Nc1ccccc1CNc1ccc2oc(C3CC3)nc2c1. The van der Waals surface area contributed by atoms with E-state index in [2.05, 4.69) is 10.3 Å². The van der Waals surface area contributed by atoms with Crippen molar-refractivity contribution in [2.75, 3.05) is 11.1 Å². The first-order valence-electron chi connectivity index (χ1n) is 7.27. The van der Waals surface area contributed by atoms with E-state index in [1.807, 2.05) is 42.5 Å². The molecule has 1 fully saturated rings. The number of benzene rings is 2. The number of oxazole rings is 1. The lowest BCUT2D eigenvalue weighted by Gasteiger charge is -2.08. The van der Waals surface area contributed by atoms with Gasteiger partial charge in [0.1, 0.15) is 5.52 Å². The van der Waals surface area contributed by atoms with Crippen LogP contribution in [0, 0.1) is 0 Å². The minimum Gasteiger partial charge on any atom is -0.440 e. The number of hydrogen-bond acceptors (Lipinski definition) is 4. The first-order valence-corrected chi connectivity index (χ1v) is 7.27. The summed E-state index contributed by atoms with van der Waals surface area (Å²) in [6.45, 7) is 0.700. The van der Waals surface area contributed by atoms with Crippen molar-refractivity contribution >= 4 is 22.5 Å². The van der Waals surface area contributed by atoms with Crippen molar-refractivity contribution in [1.29, 1.82) is 0 Å². The molecule has 1 aromatic heterocycles. The van der Waals surface area contributed by atoms with Crippen LogP contribution in [-0.2, 0) is 6.54 Å². The maximum atomic E-state index is 5.95. The summed E-state index contributed by atoms with van der Waals surface area (Å²) in [5.74, 6) is 1.42. The van der Waals surface area contributed by atoms with Crippen LogP contribution >= 0.6 is 0 Å². The first-order chi connectivity index (χ1) is 10.3. The molecule has 106 valence electrons. The highest BCUT2D eigenvalue weighted by Gasteiger charge is 2.28. The van der Waals surface area contributed by atoms with Gasteiger partial charge in [0.25, 0.3) is 0 Å². The number of aromatic nitrogens is 1. The van der Waals surface area contributed by atoms with Crippen LogP contribution in [0.15, 0.2) is 46.9 Å². The molecule has 2 aromatic carbocycles. The molecule has 0 spiro atoms. The van der Waals surface area contributed by atoms with Gasteiger partial charge in [-0.3, -0.25) is 0 Å². The highest BCUT2D eigenvalue weighted by Crippen LogP contribution is 2.40. The molecule has 0 unspecified atom stereocenters. The fourth-order valence-corrected chi connectivity index (χ4v) is 2.45. The van der Waals surface area contributed by atoms with Crippen LogP contribution in [0.5, 0.6) is 0 Å². The smallest absolute Gasteiger partial charge is 0.198 e. The molecule has 0 aliphatic heterocycles. The molecule has 1 heterocycles. The Hall–Kier alpha value is -2.49. The van der Waals surface area contributed by atoms with Crippen molar-refractivity contribution in [3.8, 4) is 0 Å². The molecule has 1 aliphatic rings. The summed E-state index contributed by atoms with van der Waals surface area (Å²) in [6.07, 6.45) is 2.40. The Bertz CT molecular complexity index is 790. The van der Waals surface area contributed by atoms with Crippen molar-refractivity contribution in [3.05, 3.63) is 53.9 Å². The third-order valence-corrected chi connectivity index (χ3v) is 3.87. The van der Waals surface area contributed by atoms with Crippen LogP contribution in [0.4, 0.5) is 11.4 Å². The Morgan fingerprint density at radius 3 is 2.86 bits per heavy atom. The van der Waals surface area contributed by atoms with E-state index in [0.717, 1.165) is 33.9 Å². The second-order valence-electron chi connectivity index (χ2n) is 5.56. The zero-order chi connectivity index (χ0) is 14.2. The number of nitrogen functional groups attached to an aromatic ring is 1. The van der Waals surface area contributed by atoms with Crippen LogP contribution in [-0.4, -0.2) is 4.98 Å². The van der Waals surface area contributed by atoms with E-state index in [0.29, 0.717) is 12.5 Å². The molecule has 0 bridgehead atoms. The molecule has 4 heteroatoms. The Labute approximate surface area is 123 Å². The van der Waals surface area contributed by atoms with Crippen molar-refractivity contribution in [2.24, 2.45) is 0 Å². The zero-order valence-corrected chi connectivity index (χ0v) is 11.7. The van der Waals surface area contributed by atoms with Gasteiger partial charge in [-0.25, -0.2) is 4.98 Å².